The van der Waals surface area contributed by atoms with Crippen molar-refractivity contribution in [3.8, 4) is 0 Å². The molecule has 1 aromatic carbocycles. The van der Waals surface area contributed by atoms with Gasteiger partial charge in [0.2, 0.25) is 5.91 Å². The topological polar surface area (TPSA) is 83.5 Å². The lowest BCUT2D eigenvalue weighted by atomic mass is 9.92. The first kappa shape index (κ1) is 21.8. The number of carbonyl (C=O) groups is 2. The molecule has 0 aliphatic carbocycles. The largest absolute Gasteiger partial charge is 0.342 e. The van der Waals surface area contributed by atoms with Crippen molar-refractivity contribution in [2.45, 2.75) is 24.7 Å². The Kier molecular flexibility index (Phi) is 6.99. The van der Waals surface area contributed by atoms with Gasteiger partial charge in [-0.1, -0.05) is 0 Å². The molecular weight excluding hydrogens is 395 g/mol. The van der Waals surface area contributed by atoms with Crippen LogP contribution in [-0.2, 0) is 14.6 Å². The molecule has 0 radical (unpaired) electrons. The Morgan fingerprint density at radius 1 is 1.19 bits per heavy atom. The molecule has 1 aromatic rings. The summed E-state index contributed by atoms with van der Waals surface area (Å²) < 4.78 is 38.9. The fraction of sp³-hybridized carbons (Fsp3) is 0.556. The standard InChI is InChI=1S/C18H23FN2O4S.ClH/c1-12(22)16-3-2-15(8-17(16)19)26(24,25)11-18(23)21-6-4-13-9-20-10-14(13)5-7-21;/h2-3,8,13-14,20H,4-7,9-11H2,1H3;1H/t13-,14+;. The first-order valence-corrected chi connectivity index (χ1v) is 10.4. The van der Waals surface area contributed by atoms with Gasteiger partial charge in [-0.05, 0) is 62.9 Å². The molecule has 0 bridgehead atoms. The zero-order valence-corrected chi connectivity index (χ0v) is 16.7. The highest BCUT2D eigenvalue weighted by molar-refractivity contribution is 7.92. The molecule has 1 amide bonds. The van der Waals surface area contributed by atoms with E-state index in [0.717, 1.165) is 38.1 Å². The Hall–Kier alpha value is -1.51. The van der Waals surface area contributed by atoms with Crippen LogP contribution in [0.1, 0.15) is 30.1 Å². The number of sulfone groups is 1. The van der Waals surface area contributed by atoms with Gasteiger partial charge in [0, 0.05) is 13.1 Å². The highest BCUT2D eigenvalue weighted by Gasteiger charge is 2.32. The number of rotatable bonds is 4. The van der Waals surface area contributed by atoms with Crippen molar-refractivity contribution >= 4 is 33.9 Å². The molecule has 6 nitrogen and oxygen atoms in total. The van der Waals surface area contributed by atoms with E-state index in [9.17, 15) is 22.4 Å². The molecular formula is C18H24ClFN2O4S. The number of amides is 1. The van der Waals surface area contributed by atoms with Gasteiger partial charge < -0.3 is 10.2 Å². The maximum absolute atomic E-state index is 13.9. The molecule has 1 N–H and O–H groups in total. The summed E-state index contributed by atoms with van der Waals surface area (Å²) in [7, 11) is -3.96. The Morgan fingerprint density at radius 2 is 1.78 bits per heavy atom. The van der Waals surface area contributed by atoms with Gasteiger partial charge in [0.05, 0.1) is 10.5 Å². The lowest BCUT2D eigenvalue weighted by Crippen LogP contribution is -2.37. The summed E-state index contributed by atoms with van der Waals surface area (Å²) in [6.07, 6.45) is 1.73. The molecule has 2 aliphatic heterocycles. The van der Waals surface area contributed by atoms with Gasteiger partial charge in [-0.3, -0.25) is 9.59 Å². The van der Waals surface area contributed by atoms with Crippen LogP contribution in [0.3, 0.4) is 0 Å². The molecule has 2 atom stereocenters. The zero-order chi connectivity index (χ0) is 18.9. The van der Waals surface area contributed by atoms with Crippen molar-refractivity contribution in [2.24, 2.45) is 11.8 Å². The molecule has 9 heteroatoms. The highest BCUT2D eigenvalue weighted by atomic mass is 35.5. The van der Waals surface area contributed by atoms with E-state index < -0.39 is 33.1 Å². The predicted molar refractivity (Wildman–Crippen MR) is 101 cm³/mol. The monoisotopic (exact) mass is 418 g/mol. The Morgan fingerprint density at radius 3 is 2.30 bits per heavy atom. The fourth-order valence-corrected chi connectivity index (χ4v) is 5.01. The van der Waals surface area contributed by atoms with E-state index in [2.05, 4.69) is 5.32 Å². The van der Waals surface area contributed by atoms with Crippen molar-refractivity contribution in [1.82, 2.24) is 10.2 Å². The van der Waals surface area contributed by atoms with Crippen LogP contribution in [0.5, 0.6) is 0 Å². The number of halogens is 2. The maximum Gasteiger partial charge on any atom is 0.238 e. The van der Waals surface area contributed by atoms with Crippen LogP contribution in [0.25, 0.3) is 0 Å². The average Bonchev–Trinajstić information content (AvgIpc) is 2.92. The minimum absolute atomic E-state index is 0. The number of hydrogen-bond acceptors (Lipinski definition) is 5. The van der Waals surface area contributed by atoms with Crippen LogP contribution in [0.15, 0.2) is 23.1 Å². The number of Topliss-reactive ketones (excluding diaryl/α,β-unsaturated/α-hetero) is 1. The van der Waals surface area contributed by atoms with Gasteiger partial charge in [0.15, 0.2) is 15.6 Å². The normalized spacial score (nSPS) is 22.5. The number of nitrogens with zero attached hydrogens (tertiary/aromatic N) is 1. The molecule has 2 saturated heterocycles. The smallest absolute Gasteiger partial charge is 0.238 e. The molecule has 0 unspecified atom stereocenters. The number of ketones is 1. The van der Waals surface area contributed by atoms with E-state index in [1.54, 1.807) is 4.90 Å². The average molecular weight is 419 g/mol. The van der Waals surface area contributed by atoms with E-state index in [0.29, 0.717) is 24.9 Å². The summed E-state index contributed by atoms with van der Waals surface area (Å²) in [6, 6.07) is 3.15. The summed E-state index contributed by atoms with van der Waals surface area (Å²) in [6.45, 7) is 4.21. The number of carbonyl (C=O) groups excluding carboxylic acids is 2. The SMILES string of the molecule is CC(=O)c1ccc(S(=O)(=O)CC(=O)N2CC[C@@H]3CNC[C@@H]3CC2)cc1F.Cl. The summed E-state index contributed by atoms with van der Waals surface area (Å²) in [5.41, 5.74) is -0.164. The lowest BCUT2D eigenvalue weighted by Gasteiger charge is -2.21. The second-order valence-electron chi connectivity index (χ2n) is 7.09. The summed E-state index contributed by atoms with van der Waals surface area (Å²) >= 11 is 0. The highest BCUT2D eigenvalue weighted by Crippen LogP contribution is 2.27. The summed E-state index contributed by atoms with van der Waals surface area (Å²) in [4.78, 5) is 25.1. The van der Waals surface area contributed by atoms with Gasteiger partial charge >= 0.3 is 0 Å². The quantitative estimate of drug-likeness (QED) is 0.752. The number of benzene rings is 1. The van der Waals surface area contributed by atoms with Crippen molar-refractivity contribution < 1.29 is 22.4 Å². The molecule has 2 fully saturated rings. The van der Waals surface area contributed by atoms with Gasteiger partial charge in [-0.25, -0.2) is 12.8 Å². The van der Waals surface area contributed by atoms with Crippen molar-refractivity contribution in [3.63, 3.8) is 0 Å². The Bertz CT molecular complexity index is 817. The van der Waals surface area contributed by atoms with Crippen LogP contribution in [0, 0.1) is 17.7 Å². The molecule has 0 aromatic heterocycles. The van der Waals surface area contributed by atoms with E-state index >= 15 is 0 Å². The maximum atomic E-state index is 13.9. The Balaban J connectivity index is 0.00000261. The van der Waals surface area contributed by atoms with Gasteiger partial charge in [-0.2, -0.15) is 0 Å². The first-order chi connectivity index (χ1) is 12.3. The van der Waals surface area contributed by atoms with Crippen molar-refractivity contribution in [3.05, 3.63) is 29.6 Å². The predicted octanol–water partition coefficient (Wildman–Crippen LogP) is 1.68. The van der Waals surface area contributed by atoms with Crippen LogP contribution < -0.4 is 5.32 Å². The van der Waals surface area contributed by atoms with Gasteiger partial charge in [0.25, 0.3) is 0 Å². The van der Waals surface area contributed by atoms with Crippen molar-refractivity contribution in [1.29, 1.82) is 0 Å². The lowest BCUT2D eigenvalue weighted by molar-refractivity contribution is -0.128. The number of likely N-dealkylation sites (tertiary alicyclic amines) is 1. The van der Waals surface area contributed by atoms with Crippen LogP contribution >= 0.6 is 12.4 Å². The van der Waals surface area contributed by atoms with E-state index in [1.807, 2.05) is 0 Å². The zero-order valence-electron chi connectivity index (χ0n) is 15.1. The number of nitrogens with one attached hydrogen (secondary N) is 1. The molecule has 2 heterocycles. The van der Waals surface area contributed by atoms with Crippen LogP contribution in [-0.4, -0.2) is 56.9 Å². The molecule has 27 heavy (non-hydrogen) atoms. The van der Waals surface area contributed by atoms with E-state index in [-0.39, 0.29) is 22.9 Å². The minimum Gasteiger partial charge on any atom is -0.342 e. The first-order valence-electron chi connectivity index (χ1n) is 8.79. The Labute approximate surface area is 164 Å². The van der Waals surface area contributed by atoms with Crippen LogP contribution in [0.2, 0.25) is 0 Å². The summed E-state index contributed by atoms with van der Waals surface area (Å²) in [5, 5.41) is 3.35. The second-order valence-corrected chi connectivity index (χ2v) is 9.08. The molecule has 3 rings (SSSR count). The van der Waals surface area contributed by atoms with E-state index in [4.69, 9.17) is 0 Å². The summed E-state index contributed by atoms with van der Waals surface area (Å²) in [5.74, 6) is -1.42. The molecule has 2 aliphatic rings. The number of hydrogen-bond donors (Lipinski definition) is 1. The molecule has 150 valence electrons. The number of fused-ring (bicyclic) bond motifs is 1. The minimum atomic E-state index is -3.96. The third-order valence-corrected chi connectivity index (χ3v) is 6.96. The second kappa shape index (κ2) is 8.67. The molecule has 0 spiro atoms. The van der Waals surface area contributed by atoms with Gasteiger partial charge in [0.1, 0.15) is 11.6 Å². The fourth-order valence-electron chi connectivity index (χ4n) is 3.78. The van der Waals surface area contributed by atoms with Crippen LogP contribution in [0.4, 0.5) is 4.39 Å². The van der Waals surface area contributed by atoms with E-state index in [1.165, 1.54) is 13.0 Å². The van der Waals surface area contributed by atoms with Gasteiger partial charge in [-0.15, -0.1) is 12.4 Å². The third-order valence-electron chi connectivity index (χ3n) is 5.36. The van der Waals surface area contributed by atoms with Crippen molar-refractivity contribution in [2.75, 3.05) is 31.9 Å². The third kappa shape index (κ3) is 4.86. The molecule has 0 saturated carbocycles.